The van der Waals surface area contributed by atoms with Crippen molar-refractivity contribution in [2.75, 3.05) is 0 Å². The van der Waals surface area contributed by atoms with Crippen LogP contribution in [0.2, 0.25) is 0 Å². The molecule has 0 fully saturated rings. The molecule has 0 saturated heterocycles. The smallest absolute Gasteiger partial charge is 0.0888 e. The maximum atomic E-state index is 8.32. The van der Waals surface area contributed by atoms with Gasteiger partial charge in [0.1, 0.15) is 0 Å². The van der Waals surface area contributed by atoms with E-state index in [1.165, 1.54) is 0 Å². The fraction of sp³-hybridized carbons (Fsp3) is 0.167. The Morgan fingerprint density at radius 2 is 1.30 bits per heavy atom. The van der Waals surface area contributed by atoms with E-state index in [9.17, 15) is 0 Å². The van der Waals surface area contributed by atoms with Gasteiger partial charge in [0.05, 0.1) is 24.5 Å². The Morgan fingerprint density at radius 1 is 0.850 bits per heavy atom. The molecule has 20 heavy (non-hydrogen) atoms. The monoisotopic (exact) mass is 266 g/mol. The van der Waals surface area contributed by atoms with Crippen LogP contribution in [0.25, 0.3) is 32.3 Å². The molecule has 2 rings (SSSR count). The number of rotatable bonds is 5. The first-order chi connectivity index (χ1) is 9.83. The van der Waals surface area contributed by atoms with Crippen LogP contribution in [-0.4, -0.2) is 9.97 Å². The Labute approximate surface area is 114 Å². The fourth-order valence-corrected chi connectivity index (χ4v) is 1.65. The summed E-state index contributed by atoms with van der Waals surface area (Å²) in [7, 11) is 0. The quantitative estimate of drug-likeness (QED) is 0.464. The molecule has 0 amide bonds. The van der Waals surface area contributed by atoms with Crippen LogP contribution in [0.3, 0.4) is 0 Å². The van der Waals surface area contributed by atoms with Gasteiger partial charge in [-0.15, -0.1) is 0 Å². The van der Waals surface area contributed by atoms with Crippen LogP contribution < -0.4 is 0 Å². The Hall–Kier alpha value is -3.08. The minimum Gasteiger partial charge on any atom is -0.255 e. The molecule has 0 N–H and O–H groups in total. The molecule has 2 aromatic rings. The third kappa shape index (κ3) is 3.46. The number of azide groups is 2. The van der Waals surface area contributed by atoms with Gasteiger partial charge < -0.3 is 0 Å². The lowest BCUT2D eigenvalue weighted by atomic mass is 10.1. The van der Waals surface area contributed by atoms with E-state index in [-0.39, 0.29) is 13.1 Å². The summed E-state index contributed by atoms with van der Waals surface area (Å²) >= 11 is 0. The van der Waals surface area contributed by atoms with E-state index in [1.54, 1.807) is 24.5 Å². The lowest BCUT2D eigenvalue weighted by Crippen LogP contribution is -1.91. The second-order valence-corrected chi connectivity index (χ2v) is 3.88. The van der Waals surface area contributed by atoms with E-state index in [2.05, 4.69) is 30.0 Å². The third-order valence-corrected chi connectivity index (χ3v) is 2.54. The van der Waals surface area contributed by atoms with Gasteiger partial charge in [-0.2, -0.15) is 0 Å². The summed E-state index contributed by atoms with van der Waals surface area (Å²) in [6.45, 7) is 0.537. The summed E-state index contributed by atoms with van der Waals surface area (Å²) in [6, 6.07) is 7.19. The standard InChI is InChI=1S/C12H10N8/c13-19-17-7-9-1-3-15-11(5-9)12-6-10(2-4-16-12)8-18-20-14/h1-6H,7-8H2. The molecule has 8 heteroatoms. The molecular weight excluding hydrogens is 256 g/mol. The second-order valence-electron chi connectivity index (χ2n) is 3.88. The summed E-state index contributed by atoms with van der Waals surface area (Å²) in [5.74, 6) is 0. The van der Waals surface area contributed by atoms with Crippen LogP contribution in [0.15, 0.2) is 46.9 Å². The van der Waals surface area contributed by atoms with Crippen molar-refractivity contribution in [1.29, 1.82) is 0 Å². The second kappa shape index (κ2) is 6.75. The minimum absolute atomic E-state index is 0.268. The van der Waals surface area contributed by atoms with Crippen molar-refractivity contribution in [2.24, 2.45) is 10.2 Å². The van der Waals surface area contributed by atoms with E-state index in [4.69, 9.17) is 11.1 Å². The molecule has 0 radical (unpaired) electrons. The lowest BCUT2D eigenvalue weighted by Gasteiger charge is -2.03. The number of pyridine rings is 2. The van der Waals surface area contributed by atoms with Gasteiger partial charge in [0.2, 0.25) is 0 Å². The number of hydrogen-bond acceptors (Lipinski definition) is 4. The zero-order chi connectivity index (χ0) is 14.2. The molecule has 0 atom stereocenters. The predicted molar refractivity (Wildman–Crippen MR) is 73.2 cm³/mol. The van der Waals surface area contributed by atoms with Crippen molar-refractivity contribution < 1.29 is 0 Å². The highest BCUT2D eigenvalue weighted by molar-refractivity contribution is 5.55. The Bertz CT molecular complexity index is 637. The van der Waals surface area contributed by atoms with Gasteiger partial charge in [-0.25, -0.2) is 0 Å². The first-order valence-electron chi connectivity index (χ1n) is 5.75. The van der Waals surface area contributed by atoms with Gasteiger partial charge in [-0.1, -0.05) is 10.2 Å². The van der Waals surface area contributed by atoms with Crippen LogP contribution in [0.4, 0.5) is 0 Å². The van der Waals surface area contributed by atoms with Crippen LogP contribution in [0, 0.1) is 0 Å². The maximum absolute atomic E-state index is 8.32. The highest BCUT2D eigenvalue weighted by Crippen LogP contribution is 2.17. The Balaban J connectivity index is 2.30. The van der Waals surface area contributed by atoms with Crippen LogP contribution in [0.1, 0.15) is 11.1 Å². The van der Waals surface area contributed by atoms with Gasteiger partial charge in [-0.3, -0.25) is 9.97 Å². The van der Waals surface area contributed by atoms with Gasteiger partial charge in [0.15, 0.2) is 0 Å². The SMILES string of the molecule is [N-]=[N+]=NCc1ccnc(-c2cc(CN=[N+]=[N-])ccn2)c1. The van der Waals surface area contributed by atoms with Crippen LogP contribution in [-0.2, 0) is 13.1 Å². The summed E-state index contributed by atoms with van der Waals surface area (Å²) in [5.41, 5.74) is 19.7. The molecule has 98 valence electrons. The van der Waals surface area contributed by atoms with Crippen molar-refractivity contribution in [3.8, 4) is 11.4 Å². The average Bonchev–Trinajstić information content (AvgIpc) is 2.51. The predicted octanol–water partition coefficient (Wildman–Crippen LogP) is 3.76. The Kier molecular flexibility index (Phi) is 4.50. The molecule has 2 heterocycles. The van der Waals surface area contributed by atoms with Crippen molar-refractivity contribution in [3.63, 3.8) is 0 Å². The Morgan fingerprint density at radius 3 is 1.70 bits per heavy atom. The first kappa shape index (κ1) is 13.4. The van der Waals surface area contributed by atoms with Crippen molar-refractivity contribution in [2.45, 2.75) is 13.1 Å². The summed E-state index contributed by atoms with van der Waals surface area (Å²) in [6.07, 6.45) is 3.28. The van der Waals surface area contributed by atoms with Crippen LogP contribution in [0.5, 0.6) is 0 Å². The van der Waals surface area contributed by atoms with E-state index in [0.717, 1.165) is 11.1 Å². The number of nitrogens with zero attached hydrogens (tertiary/aromatic N) is 8. The van der Waals surface area contributed by atoms with Gasteiger partial charge >= 0.3 is 0 Å². The number of hydrogen-bond donors (Lipinski definition) is 0. The highest BCUT2D eigenvalue weighted by atomic mass is 15.1. The van der Waals surface area contributed by atoms with E-state index in [0.29, 0.717) is 11.4 Å². The molecule has 2 aromatic heterocycles. The summed E-state index contributed by atoms with van der Waals surface area (Å²) < 4.78 is 0. The topological polar surface area (TPSA) is 123 Å². The van der Waals surface area contributed by atoms with Gasteiger partial charge in [-0.05, 0) is 46.5 Å². The third-order valence-electron chi connectivity index (χ3n) is 2.54. The van der Waals surface area contributed by atoms with E-state index >= 15 is 0 Å². The molecule has 0 unspecified atom stereocenters. The summed E-state index contributed by atoms with van der Waals surface area (Å²) in [4.78, 5) is 13.9. The number of aromatic nitrogens is 2. The maximum Gasteiger partial charge on any atom is 0.0888 e. The molecule has 0 aromatic carbocycles. The van der Waals surface area contributed by atoms with Crippen molar-refractivity contribution in [3.05, 3.63) is 68.7 Å². The lowest BCUT2D eigenvalue weighted by molar-refractivity contribution is 1.03. The summed E-state index contributed by atoms with van der Waals surface area (Å²) in [5, 5.41) is 7.02. The van der Waals surface area contributed by atoms with Crippen molar-refractivity contribution in [1.82, 2.24) is 9.97 Å². The molecule has 0 aliphatic rings. The minimum atomic E-state index is 0.268. The van der Waals surface area contributed by atoms with E-state index in [1.807, 2.05) is 12.1 Å². The molecule has 0 bridgehead atoms. The van der Waals surface area contributed by atoms with E-state index < -0.39 is 0 Å². The zero-order valence-electron chi connectivity index (χ0n) is 10.5. The highest BCUT2D eigenvalue weighted by Gasteiger charge is 2.03. The first-order valence-corrected chi connectivity index (χ1v) is 5.75. The normalized spacial score (nSPS) is 9.40. The molecule has 0 saturated carbocycles. The zero-order valence-corrected chi connectivity index (χ0v) is 10.5. The van der Waals surface area contributed by atoms with Gasteiger partial charge in [0.25, 0.3) is 0 Å². The van der Waals surface area contributed by atoms with Gasteiger partial charge in [0, 0.05) is 22.2 Å². The van der Waals surface area contributed by atoms with Crippen molar-refractivity contribution >= 4 is 0 Å². The molecule has 0 aliphatic carbocycles. The largest absolute Gasteiger partial charge is 0.255 e. The molecule has 0 aliphatic heterocycles. The molecule has 0 spiro atoms. The fourth-order valence-electron chi connectivity index (χ4n) is 1.65. The molecule has 8 nitrogen and oxygen atoms in total. The van der Waals surface area contributed by atoms with Crippen LogP contribution >= 0.6 is 0 Å². The average molecular weight is 266 g/mol. The molecular formula is C12H10N8.